The summed E-state index contributed by atoms with van der Waals surface area (Å²) in [5, 5.41) is 6.65. The number of H-pyrrole nitrogens is 1. The topological polar surface area (TPSA) is 128 Å². The van der Waals surface area contributed by atoms with Crippen LogP contribution in [-0.4, -0.2) is 82.1 Å². The normalized spacial score (nSPS) is 19.0. The number of carbonyl (C=O) groups is 2. The van der Waals surface area contributed by atoms with E-state index in [-0.39, 0.29) is 17.9 Å². The lowest BCUT2D eigenvalue weighted by atomic mass is 9.99. The number of carbonyl (C=O) groups excluding carboxylic acids is 2. The second kappa shape index (κ2) is 11.7. The summed E-state index contributed by atoms with van der Waals surface area (Å²) in [5.41, 5.74) is 4.06. The van der Waals surface area contributed by atoms with Gasteiger partial charge < -0.3 is 30.2 Å². The van der Waals surface area contributed by atoms with Gasteiger partial charge in [-0.3, -0.25) is 9.59 Å². The number of nitrogens with one attached hydrogen (secondary N) is 3. The molecule has 7 rings (SSSR count). The number of hydrogen-bond acceptors (Lipinski definition) is 9. The molecule has 1 aliphatic carbocycles. The SMILES string of the molecule is O=C(N[C@H]1CCCN(c2nc(Nc3ccc(C(=O)N4CCOCC4)cc3)c3[nH]cnc3n2)C1)c1cc2c(s1)CCCC2. The number of benzene rings is 1. The maximum Gasteiger partial charge on any atom is 0.261 e. The van der Waals surface area contributed by atoms with Gasteiger partial charge in [-0.15, -0.1) is 11.3 Å². The van der Waals surface area contributed by atoms with Gasteiger partial charge in [0.05, 0.1) is 24.4 Å². The molecule has 218 valence electrons. The van der Waals surface area contributed by atoms with E-state index in [4.69, 9.17) is 14.7 Å². The van der Waals surface area contributed by atoms with Crippen molar-refractivity contribution >= 4 is 51.8 Å². The van der Waals surface area contributed by atoms with Crippen LogP contribution < -0.4 is 15.5 Å². The van der Waals surface area contributed by atoms with E-state index in [1.165, 1.54) is 23.3 Å². The standard InChI is InChI=1S/C30H34N8O3S/c39-28(24-16-20-4-1-2-6-23(20)42-24)34-22-5-3-11-38(17-22)30-35-26-25(31-18-32-26)27(36-30)33-21-9-7-19(8-10-21)29(40)37-12-14-41-15-13-37/h7-10,16,18,22H,1-6,11-15,17H2,(H,34,39)(H2,31,32,33,35,36)/t22-/m0/s1. The van der Waals surface area contributed by atoms with Crippen molar-refractivity contribution in [2.75, 3.05) is 49.6 Å². The highest BCUT2D eigenvalue weighted by atomic mass is 32.1. The Morgan fingerprint density at radius 3 is 2.69 bits per heavy atom. The molecule has 11 nitrogen and oxygen atoms in total. The van der Waals surface area contributed by atoms with E-state index in [1.807, 2.05) is 29.2 Å². The molecule has 2 amide bonds. The molecule has 5 heterocycles. The summed E-state index contributed by atoms with van der Waals surface area (Å²) in [4.78, 5) is 49.2. The highest BCUT2D eigenvalue weighted by molar-refractivity contribution is 7.14. The van der Waals surface area contributed by atoms with Gasteiger partial charge in [0.15, 0.2) is 11.5 Å². The molecule has 0 spiro atoms. The number of nitrogens with zero attached hydrogens (tertiary/aromatic N) is 5. The zero-order valence-electron chi connectivity index (χ0n) is 23.4. The number of morpholine rings is 1. The van der Waals surface area contributed by atoms with Gasteiger partial charge in [-0.05, 0) is 74.4 Å². The van der Waals surface area contributed by atoms with Crippen LogP contribution in [0.2, 0.25) is 0 Å². The van der Waals surface area contributed by atoms with Crippen molar-refractivity contribution < 1.29 is 14.3 Å². The maximum atomic E-state index is 13.1. The first kappa shape index (κ1) is 26.8. The molecule has 2 saturated heterocycles. The fourth-order valence-corrected chi connectivity index (χ4v) is 7.13. The van der Waals surface area contributed by atoms with Crippen molar-refractivity contribution in [3.8, 4) is 0 Å². The summed E-state index contributed by atoms with van der Waals surface area (Å²) < 4.78 is 5.36. The molecule has 0 radical (unpaired) electrons. The van der Waals surface area contributed by atoms with Crippen LogP contribution in [-0.2, 0) is 17.6 Å². The predicted octanol–water partition coefficient (Wildman–Crippen LogP) is 3.91. The lowest BCUT2D eigenvalue weighted by Crippen LogP contribution is -2.48. The first-order chi connectivity index (χ1) is 20.6. The zero-order valence-corrected chi connectivity index (χ0v) is 24.2. The van der Waals surface area contributed by atoms with Crippen molar-refractivity contribution in [2.45, 2.75) is 44.6 Å². The molecule has 0 unspecified atom stereocenters. The van der Waals surface area contributed by atoms with Crippen LogP contribution >= 0.6 is 11.3 Å². The number of aromatic nitrogens is 4. The van der Waals surface area contributed by atoms with E-state index < -0.39 is 0 Å². The molecule has 4 aromatic rings. The molecule has 1 atom stereocenters. The van der Waals surface area contributed by atoms with E-state index in [1.54, 1.807) is 17.7 Å². The fraction of sp³-hybridized carbons (Fsp3) is 0.433. The molecule has 1 aromatic carbocycles. The first-order valence-electron chi connectivity index (χ1n) is 14.7. The van der Waals surface area contributed by atoms with Crippen LogP contribution in [0.25, 0.3) is 11.2 Å². The summed E-state index contributed by atoms with van der Waals surface area (Å²) in [7, 11) is 0. The summed E-state index contributed by atoms with van der Waals surface area (Å²) in [6.07, 6.45) is 8.04. The highest BCUT2D eigenvalue weighted by Gasteiger charge is 2.26. The number of thiophene rings is 1. The Bertz CT molecular complexity index is 1570. The summed E-state index contributed by atoms with van der Waals surface area (Å²) in [5.74, 6) is 1.20. The Morgan fingerprint density at radius 2 is 1.86 bits per heavy atom. The van der Waals surface area contributed by atoms with Crippen molar-refractivity contribution in [3.63, 3.8) is 0 Å². The lowest BCUT2D eigenvalue weighted by Gasteiger charge is -2.33. The van der Waals surface area contributed by atoms with Gasteiger partial charge in [-0.2, -0.15) is 9.97 Å². The van der Waals surface area contributed by atoms with E-state index in [9.17, 15) is 9.59 Å². The van der Waals surface area contributed by atoms with E-state index in [0.29, 0.717) is 61.3 Å². The second-order valence-electron chi connectivity index (χ2n) is 11.1. The number of fused-ring (bicyclic) bond motifs is 2. The number of imidazole rings is 1. The molecule has 2 fully saturated rings. The molecule has 3 aliphatic rings. The number of aryl methyl sites for hydroxylation is 2. The van der Waals surface area contributed by atoms with Gasteiger partial charge in [0.2, 0.25) is 5.95 Å². The van der Waals surface area contributed by atoms with Crippen molar-refractivity contribution in [3.05, 3.63) is 57.5 Å². The fourth-order valence-electron chi connectivity index (χ4n) is 5.97. The third-order valence-electron chi connectivity index (χ3n) is 8.23. The minimum Gasteiger partial charge on any atom is -0.378 e. The third kappa shape index (κ3) is 5.56. The number of aromatic amines is 1. The van der Waals surface area contributed by atoms with Gasteiger partial charge in [-0.25, -0.2) is 4.98 Å². The molecule has 3 N–H and O–H groups in total. The number of hydrogen-bond donors (Lipinski definition) is 3. The van der Waals surface area contributed by atoms with Crippen LogP contribution in [0.3, 0.4) is 0 Å². The molecule has 12 heteroatoms. The van der Waals surface area contributed by atoms with Crippen LogP contribution in [0.15, 0.2) is 36.7 Å². The smallest absolute Gasteiger partial charge is 0.261 e. The maximum absolute atomic E-state index is 13.1. The molecular weight excluding hydrogens is 552 g/mol. The van der Waals surface area contributed by atoms with Crippen LogP contribution in [0.1, 0.15) is 56.2 Å². The average molecular weight is 587 g/mol. The average Bonchev–Trinajstić information content (AvgIpc) is 3.69. The summed E-state index contributed by atoms with van der Waals surface area (Å²) in [6.45, 7) is 3.79. The second-order valence-corrected chi connectivity index (χ2v) is 12.2. The first-order valence-corrected chi connectivity index (χ1v) is 15.5. The Balaban J connectivity index is 1.05. The Labute approximate surface area is 247 Å². The highest BCUT2D eigenvalue weighted by Crippen LogP contribution is 2.30. The molecule has 0 bridgehead atoms. The monoisotopic (exact) mass is 586 g/mol. The number of amides is 2. The number of piperidine rings is 1. The molecule has 3 aromatic heterocycles. The minimum absolute atomic E-state index is 0.00977. The number of rotatable bonds is 6. The van der Waals surface area contributed by atoms with E-state index in [2.05, 4.69) is 31.6 Å². The van der Waals surface area contributed by atoms with Crippen LogP contribution in [0.4, 0.5) is 17.5 Å². The molecular formula is C30H34N8O3S. The van der Waals surface area contributed by atoms with Gasteiger partial charge in [0.25, 0.3) is 11.8 Å². The van der Waals surface area contributed by atoms with Crippen LogP contribution in [0, 0.1) is 0 Å². The third-order valence-corrected chi connectivity index (χ3v) is 9.46. The summed E-state index contributed by atoms with van der Waals surface area (Å²) >= 11 is 1.65. The minimum atomic E-state index is 0.00977. The lowest BCUT2D eigenvalue weighted by molar-refractivity contribution is 0.0303. The molecule has 42 heavy (non-hydrogen) atoms. The van der Waals surface area contributed by atoms with Crippen molar-refractivity contribution in [2.24, 2.45) is 0 Å². The Morgan fingerprint density at radius 1 is 1.02 bits per heavy atom. The van der Waals surface area contributed by atoms with Crippen molar-refractivity contribution in [1.29, 1.82) is 0 Å². The largest absolute Gasteiger partial charge is 0.378 e. The molecule has 2 aliphatic heterocycles. The molecule has 0 saturated carbocycles. The van der Waals surface area contributed by atoms with Gasteiger partial charge in [0, 0.05) is 48.3 Å². The van der Waals surface area contributed by atoms with Gasteiger partial charge in [-0.1, -0.05) is 0 Å². The predicted molar refractivity (Wildman–Crippen MR) is 162 cm³/mol. The van der Waals surface area contributed by atoms with Gasteiger partial charge in [0.1, 0.15) is 5.52 Å². The van der Waals surface area contributed by atoms with E-state index in [0.717, 1.165) is 42.8 Å². The van der Waals surface area contributed by atoms with E-state index >= 15 is 0 Å². The Hall–Kier alpha value is -4.03. The zero-order chi connectivity index (χ0) is 28.5. The quantitative estimate of drug-likeness (QED) is 0.310. The van der Waals surface area contributed by atoms with Gasteiger partial charge >= 0.3 is 0 Å². The van der Waals surface area contributed by atoms with Crippen molar-refractivity contribution in [1.82, 2.24) is 30.2 Å². The number of anilines is 3. The Kier molecular flexibility index (Phi) is 7.47. The number of ether oxygens (including phenoxy) is 1. The summed E-state index contributed by atoms with van der Waals surface area (Å²) in [6, 6.07) is 9.52. The van der Waals surface area contributed by atoms with Crippen LogP contribution in [0.5, 0.6) is 0 Å².